The predicted molar refractivity (Wildman–Crippen MR) is 93.5 cm³/mol. The number of hydrogen-bond donors (Lipinski definition) is 1. The van der Waals surface area contributed by atoms with Gasteiger partial charge in [0.1, 0.15) is 0 Å². The summed E-state index contributed by atoms with van der Waals surface area (Å²) in [5.74, 6) is 1.26. The SMILES string of the molecule is CCN(CC(C)(C)O)C(=O)CCc1ncc(-c2ccc(C)cc2)o1. The number of carbonyl (C=O) groups is 1. The van der Waals surface area contributed by atoms with E-state index in [1.54, 1.807) is 24.9 Å². The minimum atomic E-state index is -0.896. The highest BCUT2D eigenvalue weighted by Crippen LogP contribution is 2.21. The molecule has 5 nitrogen and oxygen atoms in total. The van der Waals surface area contributed by atoms with Crippen molar-refractivity contribution in [2.24, 2.45) is 0 Å². The number of aryl methyl sites for hydroxylation is 2. The zero-order valence-corrected chi connectivity index (χ0v) is 14.9. The van der Waals surface area contributed by atoms with Gasteiger partial charge in [-0.05, 0) is 27.7 Å². The summed E-state index contributed by atoms with van der Waals surface area (Å²) in [7, 11) is 0. The Morgan fingerprint density at radius 1 is 1.29 bits per heavy atom. The van der Waals surface area contributed by atoms with Crippen molar-refractivity contribution in [3.05, 3.63) is 41.9 Å². The average Bonchev–Trinajstić information content (AvgIpc) is 2.99. The van der Waals surface area contributed by atoms with Gasteiger partial charge in [-0.3, -0.25) is 4.79 Å². The van der Waals surface area contributed by atoms with Crippen LogP contribution >= 0.6 is 0 Å². The third-order valence-corrected chi connectivity index (χ3v) is 3.75. The fourth-order valence-electron chi connectivity index (χ4n) is 2.49. The van der Waals surface area contributed by atoms with Gasteiger partial charge in [0.2, 0.25) is 5.91 Å². The van der Waals surface area contributed by atoms with E-state index in [0.717, 1.165) is 5.56 Å². The zero-order valence-electron chi connectivity index (χ0n) is 14.9. The van der Waals surface area contributed by atoms with Crippen molar-refractivity contribution in [2.45, 2.75) is 46.1 Å². The summed E-state index contributed by atoms with van der Waals surface area (Å²) >= 11 is 0. The van der Waals surface area contributed by atoms with Gasteiger partial charge in [0.25, 0.3) is 0 Å². The molecule has 0 saturated heterocycles. The smallest absolute Gasteiger partial charge is 0.223 e. The molecule has 0 saturated carbocycles. The Bertz CT molecular complexity index is 669. The first-order chi connectivity index (χ1) is 11.3. The van der Waals surface area contributed by atoms with E-state index in [0.29, 0.717) is 37.6 Å². The van der Waals surface area contributed by atoms with Crippen LogP contribution in [-0.4, -0.2) is 39.6 Å². The van der Waals surface area contributed by atoms with E-state index in [1.807, 2.05) is 38.1 Å². The molecule has 0 fully saturated rings. The number of nitrogens with zero attached hydrogens (tertiary/aromatic N) is 2. The molecule has 130 valence electrons. The lowest BCUT2D eigenvalue weighted by atomic mass is 10.1. The van der Waals surface area contributed by atoms with Crippen LogP contribution in [0.1, 0.15) is 38.6 Å². The Hall–Kier alpha value is -2.14. The summed E-state index contributed by atoms with van der Waals surface area (Å²) in [6, 6.07) is 8.04. The first-order valence-corrected chi connectivity index (χ1v) is 8.30. The lowest BCUT2D eigenvalue weighted by molar-refractivity contribution is -0.134. The Kier molecular flexibility index (Phi) is 5.78. The van der Waals surface area contributed by atoms with E-state index in [1.165, 1.54) is 5.56 Å². The van der Waals surface area contributed by atoms with E-state index in [4.69, 9.17) is 4.42 Å². The Labute approximate surface area is 143 Å². The van der Waals surface area contributed by atoms with Crippen LogP contribution in [-0.2, 0) is 11.2 Å². The normalized spacial score (nSPS) is 11.5. The molecule has 1 heterocycles. The second-order valence-corrected chi connectivity index (χ2v) is 6.70. The topological polar surface area (TPSA) is 66.6 Å². The lowest BCUT2D eigenvalue weighted by Crippen LogP contribution is -2.42. The minimum absolute atomic E-state index is 0.00490. The number of hydrogen-bond acceptors (Lipinski definition) is 4. The molecule has 0 radical (unpaired) electrons. The molecule has 24 heavy (non-hydrogen) atoms. The maximum absolute atomic E-state index is 12.3. The van der Waals surface area contributed by atoms with E-state index in [9.17, 15) is 9.90 Å². The van der Waals surface area contributed by atoms with Gasteiger partial charge in [-0.25, -0.2) is 4.98 Å². The number of oxazole rings is 1. The van der Waals surface area contributed by atoms with Gasteiger partial charge in [0.15, 0.2) is 11.7 Å². The molecule has 0 aliphatic rings. The van der Waals surface area contributed by atoms with Crippen molar-refractivity contribution in [2.75, 3.05) is 13.1 Å². The van der Waals surface area contributed by atoms with Crippen molar-refractivity contribution in [3.8, 4) is 11.3 Å². The van der Waals surface area contributed by atoms with Crippen LogP contribution in [0.25, 0.3) is 11.3 Å². The molecule has 0 bridgehead atoms. The van der Waals surface area contributed by atoms with Crippen LogP contribution in [0, 0.1) is 6.92 Å². The van der Waals surface area contributed by atoms with Gasteiger partial charge in [-0.15, -0.1) is 0 Å². The van der Waals surface area contributed by atoms with Gasteiger partial charge >= 0.3 is 0 Å². The number of benzene rings is 1. The maximum Gasteiger partial charge on any atom is 0.223 e. The first-order valence-electron chi connectivity index (χ1n) is 8.30. The summed E-state index contributed by atoms with van der Waals surface area (Å²) in [6.45, 7) is 8.24. The molecule has 1 aromatic carbocycles. The lowest BCUT2D eigenvalue weighted by Gasteiger charge is -2.28. The predicted octanol–water partition coefficient (Wildman–Crippen LogP) is 3.20. The quantitative estimate of drug-likeness (QED) is 0.846. The molecule has 2 aromatic rings. The molecule has 0 unspecified atom stereocenters. The second kappa shape index (κ2) is 7.62. The number of likely N-dealkylation sites (N-methyl/N-ethyl adjacent to an activating group) is 1. The van der Waals surface area contributed by atoms with Crippen LogP contribution in [0.3, 0.4) is 0 Å². The minimum Gasteiger partial charge on any atom is -0.441 e. The fourth-order valence-corrected chi connectivity index (χ4v) is 2.49. The number of rotatable bonds is 7. The van der Waals surface area contributed by atoms with Crippen molar-refractivity contribution in [1.82, 2.24) is 9.88 Å². The number of aromatic nitrogens is 1. The molecular formula is C19H26N2O3. The third kappa shape index (κ3) is 5.20. The van der Waals surface area contributed by atoms with Crippen LogP contribution in [0.4, 0.5) is 0 Å². The molecule has 0 atom stereocenters. The van der Waals surface area contributed by atoms with Crippen molar-refractivity contribution in [1.29, 1.82) is 0 Å². The highest BCUT2D eigenvalue weighted by Gasteiger charge is 2.21. The van der Waals surface area contributed by atoms with Gasteiger partial charge in [0.05, 0.1) is 11.8 Å². The van der Waals surface area contributed by atoms with Gasteiger partial charge in [-0.1, -0.05) is 29.8 Å². The van der Waals surface area contributed by atoms with E-state index < -0.39 is 5.60 Å². The second-order valence-electron chi connectivity index (χ2n) is 6.70. The highest BCUT2D eigenvalue weighted by atomic mass is 16.4. The van der Waals surface area contributed by atoms with E-state index >= 15 is 0 Å². The molecular weight excluding hydrogens is 304 g/mol. The Morgan fingerprint density at radius 2 is 1.96 bits per heavy atom. The number of carbonyl (C=O) groups excluding carboxylic acids is 1. The first kappa shape index (κ1) is 18.2. The summed E-state index contributed by atoms with van der Waals surface area (Å²) < 4.78 is 5.74. The zero-order chi connectivity index (χ0) is 17.7. The van der Waals surface area contributed by atoms with E-state index in [-0.39, 0.29) is 5.91 Å². The molecule has 0 spiro atoms. The number of amides is 1. The summed E-state index contributed by atoms with van der Waals surface area (Å²) in [5.41, 5.74) is 1.27. The summed E-state index contributed by atoms with van der Waals surface area (Å²) in [6.07, 6.45) is 2.46. The van der Waals surface area contributed by atoms with Crippen LogP contribution in [0.5, 0.6) is 0 Å². The Morgan fingerprint density at radius 3 is 2.54 bits per heavy atom. The molecule has 2 rings (SSSR count). The van der Waals surface area contributed by atoms with Crippen LogP contribution in [0.15, 0.2) is 34.9 Å². The largest absolute Gasteiger partial charge is 0.441 e. The molecule has 0 aliphatic heterocycles. The van der Waals surface area contributed by atoms with Gasteiger partial charge < -0.3 is 14.4 Å². The standard InChI is InChI=1S/C19H26N2O3/c1-5-21(13-19(3,4)23)18(22)11-10-17-20-12-16(24-17)15-8-6-14(2)7-9-15/h6-9,12,23H,5,10-11,13H2,1-4H3. The monoisotopic (exact) mass is 330 g/mol. The van der Waals surface area contributed by atoms with Crippen molar-refractivity contribution in [3.63, 3.8) is 0 Å². The van der Waals surface area contributed by atoms with Crippen molar-refractivity contribution >= 4 is 5.91 Å². The third-order valence-electron chi connectivity index (χ3n) is 3.75. The highest BCUT2D eigenvalue weighted by molar-refractivity contribution is 5.76. The van der Waals surface area contributed by atoms with Crippen molar-refractivity contribution < 1.29 is 14.3 Å². The molecule has 1 amide bonds. The number of aliphatic hydroxyl groups is 1. The molecule has 1 aromatic heterocycles. The van der Waals surface area contributed by atoms with Gasteiger partial charge in [0, 0.05) is 31.5 Å². The maximum atomic E-state index is 12.3. The van der Waals surface area contributed by atoms with Crippen LogP contribution in [0.2, 0.25) is 0 Å². The summed E-state index contributed by atoms with van der Waals surface area (Å²) in [4.78, 5) is 18.2. The molecule has 5 heteroatoms. The average molecular weight is 330 g/mol. The molecule has 0 aliphatic carbocycles. The van der Waals surface area contributed by atoms with Gasteiger partial charge in [-0.2, -0.15) is 0 Å². The van der Waals surface area contributed by atoms with Crippen LogP contribution < -0.4 is 0 Å². The molecule has 1 N–H and O–H groups in total. The Balaban J connectivity index is 1.95. The summed E-state index contributed by atoms with van der Waals surface area (Å²) in [5, 5.41) is 9.88. The fraction of sp³-hybridized carbons (Fsp3) is 0.474. The van der Waals surface area contributed by atoms with E-state index in [2.05, 4.69) is 4.98 Å².